The van der Waals surface area contributed by atoms with E-state index in [2.05, 4.69) is 9.97 Å². The molecular weight excluding hydrogens is 391 g/mol. The smallest absolute Gasteiger partial charge is 0.330 e. The SMILES string of the molecule is COC(=O)C1CN(c2ccc(OC)cc2)CCN1C(=O)c1nc2cc(F)ccc2[nH]1. The van der Waals surface area contributed by atoms with Crippen LogP contribution in [0, 0.1) is 5.82 Å². The van der Waals surface area contributed by atoms with Gasteiger partial charge in [0.05, 0.1) is 25.3 Å². The number of esters is 1. The summed E-state index contributed by atoms with van der Waals surface area (Å²) < 4.78 is 23.6. The minimum absolute atomic E-state index is 0.0578. The predicted octanol–water partition coefficient (Wildman–Crippen LogP) is 2.21. The Balaban J connectivity index is 1.58. The monoisotopic (exact) mass is 412 g/mol. The van der Waals surface area contributed by atoms with E-state index in [0.29, 0.717) is 24.1 Å². The Labute approximate surface area is 172 Å². The number of hydrogen-bond donors (Lipinski definition) is 1. The quantitative estimate of drug-likeness (QED) is 0.661. The largest absolute Gasteiger partial charge is 0.497 e. The average Bonchev–Trinajstić information content (AvgIpc) is 3.21. The number of piperazine rings is 1. The molecule has 8 nitrogen and oxygen atoms in total. The first-order valence-corrected chi connectivity index (χ1v) is 9.43. The van der Waals surface area contributed by atoms with Crippen molar-refractivity contribution in [3.63, 3.8) is 0 Å². The molecule has 156 valence electrons. The lowest BCUT2D eigenvalue weighted by atomic mass is 10.1. The van der Waals surface area contributed by atoms with Crippen molar-refractivity contribution in [3.8, 4) is 5.75 Å². The minimum Gasteiger partial charge on any atom is -0.497 e. The number of imidazole rings is 1. The van der Waals surface area contributed by atoms with Gasteiger partial charge < -0.3 is 24.3 Å². The van der Waals surface area contributed by atoms with Crippen molar-refractivity contribution >= 4 is 28.6 Å². The van der Waals surface area contributed by atoms with Crippen LogP contribution in [0.4, 0.5) is 10.1 Å². The van der Waals surface area contributed by atoms with Crippen molar-refractivity contribution in [3.05, 3.63) is 54.1 Å². The summed E-state index contributed by atoms with van der Waals surface area (Å²) in [6.45, 7) is 1.11. The number of amides is 1. The van der Waals surface area contributed by atoms with Crippen molar-refractivity contribution in [2.75, 3.05) is 38.8 Å². The third-order valence-electron chi connectivity index (χ3n) is 5.20. The summed E-state index contributed by atoms with van der Waals surface area (Å²) in [5.74, 6) is -0.588. The first-order chi connectivity index (χ1) is 14.5. The number of benzene rings is 2. The number of H-pyrrole nitrogens is 1. The lowest BCUT2D eigenvalue weighted by molar-refractivity contribution is -0.146. The second kappa shape index (κ2) is 8.02. The Morgan fingerprint density at radius 2 is 1.90 bits per heavy atom. The number of aromatic nitrogens is 2. The molecule has 1 atom stereocenters. The highest BCUT2D eigenvalue weighted by Gasteiger charge is 2.37. The van der Waals surface area contributed by atoms with Crippen molar-refractivity contribution in [1.29, 1.82) is 0 Å². The zero-order valence-corrected chi connectivity index (χ0v) is 16.6. The van der Waals surface area contributed by atoms with E-state index >= 15 is 0 Å². The number of halogens is 1. The molecule has 0 saturated carbocycles. The van der Waals surface area contributed by atoms with Crippen LogP contribution in [0.15, 0.2) is 42.5 Å². The normalized spacial score (nSPS) is 16.6. The number of carbonyl (C=O) groups is 2. The van der Waals surface area contributed by atoms with E-state index in [-0.39, 0.29) is 12.4 Å². The Morgan fingerprint density at radius 3 is 2.60 bits per heavy atom. The molecule has 2 heterocycles. The Morgan fingerprint density at radius 1 is 1.13 bits per heavy atom. The maximum absolute atomic E-state index is 13.4. The lowest BCUT2D eigenvalue weighted by Gasteiger charge is -2.40. The highest BCUT2D eigenvalue weighted by molar-refractivity contribution is 5.97. The molecule has 1 unspecified atom stereocenters. The summed E-state index contributed by atoms with van der Waals surface area (Å²) in [4.78, 5) is 36.1. The molecule has 0 aliphatic carbocycles. The zero-order chi connectivity index (χ0) is 21.3. The number of nitrogens with one attached hydrogen (secondary N) is 1. The zero-order valence-electron chi connectivity index (χ0n) is 16.6. The average molecular weight is 412 g/mol. The van der Waals surface area contributed by atoms with Gasteiger partial charge in [-0.3, -0.25) is 4.79 Å². The summed E-state index contributed by atoms with van der Waals surface area (Å²) in [5.41, 5.74) is 1.81. The number of methoxy groups -OCH3 is 2. The number of aromatic amines is 1. The van der Waals surface area contributed by atoms with Gasteiger partial charge >= 0.3 is 5.97 Å². The predicted molar refractivity (Wildman–Crippen MR) is 108 cm³/mol. The molecular formula is C21H21FN4O4. The molecule has 0 spiro atoms. The molecule has 1 aliphatic heterocycles. The van der Waals surface area contributed by atoms with Crippen LogP contribution in [0.5, 0.6) is 5.75 Å². The number of ether oxygens (including phenoxy) is 2. The summed E-state index contributed by atoms with van der Waals surface area (Å²) in [6.07, 6.45) is 0. The molecule has 1 aliphatic rings. The Kier molecular flexibility index (Phi) is 5.26. The van der Waals surface area contributed by atoms with Gasteiger partial charge in [-0.1, -0.05) is 0 Å². The highest BCUT2D eigenvalue weighted by Crippen LogP contribution is 2.24. The molecule has 2 aromatic carbocycles. The van der Waals surface area contributed by atoms with Gasteiger partial charge in [0.1, 0.15) is 17.6 Å². The van der Waals surface area contributed by atoms with E-state index in [1.165, 1.54) is 30.2 Å². The molecule has 30 heavy (non-hydrogen) atoms. The number of rotatable bonds is 4. The Hall–Kier alpha value is -3.62. The maximum Gasteiger partial charge on any atom is 0.330 e. The van der Waals surface area contributed by atoms with Gasteiger partial charge in [0, 0.05) is 31.4 Å². The minimum atomic E-state index is -0.802. The lowest BCUT2D eigenvalue weighted by Crippen LogP contribution is -2.58. The maximum atomic E-state index is 13.4. The van der Waals surface area contributed by atoms with Crippen molar-refractivity contribution < 1.29 is 23.5 Å². The van der Waals surface area contributed by atoms with Crippen LogP contribution in [0.25, 0.3) is 11.0 Å². The molecule has 1 N–H and O–H groups in total. The van der Waals surface area contributed by atoms with Crippen LogP contribution in [0.2, 0.25) is 0 Å². The van der Waals surface area contributed by atoms with Gasteiger partial charge in [0.25, 0.3) is 5.91 Å². The molecule has 4 rings (SSSR count). The summed E-state index contributed by atoms with van der Waals surface area (Å²) in [5, 5.41) is 0. The first-order valence-electron chi connectivity index (χ1n) is 9.43. The second-order valence-corrected chi connectivity index (χ2v) is 6.93. The molecule has 0 bridgehead atoms. The summed E-state index contributed by atoms with van der Waals surface area (Å²) in [6, 6.07) is 10.7. The molecule has 1 saturated heterocycles. The van der Waals surface area contributed by atoms with Crippen LogP contribution >= 0.6 is 0 Å². The molecule has 9 heteroatoms. The third kappa shape index (κ3) is 3.66. The van der Waals surface area contributed by atoms with Crippen LogP contribution in [0.1, 0.15) is 10.6 Å². The fourth-order valence-electron chi connectivity index (χ4n) is 3.61. The van der Waals surface area contributed by atoms with E-state index in [1.807, 2.05) is 29.2 Å². The van der Waals surface area contributed by atoms with Gasteiger partial charge in [-0.2, -0.15) is 0 Å². The van der Waals surface area contributed by atoms with Gasteiger partial charge in [0.15, 0.2) is 5.82 Å². The number of fused-ring (bicyclic) bond motifs is 1. The first kappa shape index (κ1) is 19.7. The fourth-order valence-corrected chi connectivity index (χ4v) is 3.61. The van der Waals surface area contributed by atoms with E-state index in [1.54, 1.807) is 7.11 Å². The van der Waals surface area contributed by atoms with Crippen LogP contribution in [-0.2, 0) is 9.53 Å². The number of anilines is 1. The summed E-state index contributed by atoms with van der Waals surface area (Å²) in [7, 11) is 2.89. The van der Waals surface area contributed by atoms with Crippen molar-refractivity contribution in [1.82, 2.24) is 14.9 Å². The fraction of sp³-hybridized carbons (Fsp3) is 0.286. The Bertz CT molecular complexity index is 1080. The molecule has 1 amide bonds. The number of nitrogens with zero attached hydrogens (tertiary/aromatic N) is 3. The number of hydrogen-bond acceptors (Lipinski definition) is 6. The van der Waals surface area contributed by atoms with Crippen molar-refractivity contribution in [2.45, 2.75) is 6.04 Å². The van der Waals surface area contributed by atoms with Gasteiger partial charge in [-0.25, -0.2) is 14.2 Å². The van der Waals surface area contributed by atoms with E-state index in [0.717, 1.165) is 11.4 Å². The molecule has 1 fully saturated rings. The van der Waals surface area contributed by atoms with Crippen LogP contribution in [0.3, 0.4) is 0 Å². The number of carbonyl (C=O) groups excluding carboxylic acids is 2. The van der Waals surface area contributed by atoms with Gasteiger partial charge in [-0.15, -0.1) is 0 Å². The highest BCUT2D eigenvalue weighted by atomic mass is 19.1. The standard InChI is InChI=1S/C21H21FN4O4/c1-29-15-6-4-14(5-7-15)25-9-10-26(18(12-25)21(28)30-2)20(27)19-23-16-8-3-13(22)11-17(16)24-19/h3-8,11,18H,9-10,12H2,1-2H3,(H,23,24). The second-order valence-electron chi connectivity index (χ2n) is 6.93. The van der Waals surface area contributed by atoms with Crippen LogP contribution < -0.4 is 9.64 Å². The third-order valence-corrected chi connectivity index (χ3v) is 5.20. The molecule has 1 aromatic heterocycles. The molecule has 3 aromatic rings. The van der Waals surface area contributed by atoms with E-state index < -0.39 is 23.7 Å². The van der Waals surface area contributed by atoms with E-state index in [4.69, 9.17) is 9.47 Å². The topological polar surface area (TPSA) is 87.8 Å². The van der Waals surface area contributed by atoms with Crippen LogP contribution in [-0.4, -0.2) is 66.6 Å². The van der Waals surface area contributed by atoms with E-state index in [9.17, 15) is 14.0 Å². The molecule has 0 radical (unpaired) electrons. The van der Waals surface area contributed by atoms with Gasteiger partial charge in [0.2, 0.25) is 0 Å². The van der Waals surface area contributed by atoms with Crippen molar-refractivity contribution in [2.24, 2.45) is 0 Å². The van der Waals surface area contributed by atoms with Gasteiger partial charge in [-0.05, 0) is 36.4 Å². The summed E-state index contributed by atoms with van der Waals surface area (Å²) >= 11 is 0.